The van der Waals surface area contributed by atoms with Crippen LogP contribution in [0.3, 0.4) is 0 Å². The molecule has 55 heavy (non-hydrogen) atoms. The topological polar surface area (TPSA) is 38.7 Å². The zero-order chi connectivity index (χ0) is 36.7. The fourth-order valence-corrected chi connectivity index (χ4v) is 8.69. The maximum atomic E-state index is 5.30. The van der Waals surface area contributed by atoms with Gasteiger partial charge in [-0.1, -0.05) is 153 Å². The Morgan fingerprint density at radius 1 is 0.327 bits per heavy atom. The molecule has 10 aromatic rings. The fraction of sp³-hybridized carbons (Fsp3) is 0.0577. The van der Waals surface area contributed by atoms with Crippen LogP contribution in [0.25, 0.3) is 99.5 Å². The summed E-state index contributed by atoms with van der Waals surface area (Å²) in [5, 5.41) is 5.63. The summed E-state index contributed by atoms with van der Waals surface area (Å²) in [6.07, 6.45) is 0. The number of benzene rings is 7. The Hall–Kier alpha value is -6.97. The van der Waals surface area contributed by atoms with Crippen molar-refractivity contribution in [1.29, 1.82) is 0 Å². The van der Waals surface area contributed by atoms with Crippen LogP contribution >= 0.6 is 0 Å². The van der Waals surface area contributed by atoms with E-state index in [9.17, 15) is 0 Å². The van der Waals surface area contributed by atoms with E-state index in [1.54, 1.807) is 0 Å². The lowest BCUT2D eigenvalue weighted by atomic mass is 9.81. The zero-order valence-electron chi connectivity index (χ0n) is 30.6. The van der Waals surface area contributed by atoms with Crippen LogP contribution in [0, 0.1) is 0 Å². The van der Waals surface area contributed by atoms with Gasteiger partial charge in [-0.3, -0.25) is 0 Å². The highest BCUT2D eigenvalue weighted by molar-refractivity contribution is 6.06. The highest BCUT2D eigenvalue weighted by Crippen LogP contribution is 2.49. The lowest BCUT2D eigenvalue weighted by Gasteiger charge is -2.22. The summed E-state index contributed by atoms with van der Waals surface area (Å²) in [4.78, 5) is 15.7. The monoisotopic (exact) mass is 701 g/mol. The molecule has 258 valence electrons. The van der Waals surface area contributed by atoms with Crippen LogP contribution < -0.4 is 0 Å². The molecule has 0 fully saturated rings. The fourth-order valence-electron chi connectivity index (χ4n) is 8.69. The molecule has 0 N–H and O–H groups in total. The molecule has 3 aromatic heterocycles. The summed E-state index contributed by atoms with van der Waals surface area (Å²) in [6.45, 7) is 4.67. The zero-order valence-corrected chi connectivity index (χ0v) is 30.6. The molecule has 0 atom stereocenters. The van der Waals surface area contributed by atoms with Gasteiger partial charge in [-0.25, -0.2) is 15.0 Å². The number of hydrogen-bond acceptors (Lipinski definition) is 3. The highest BCUT2D eigenvalue weighted by Gasteiger charge is 2.35. The van der Waals surface area contributed by atoms with Crippen molar-refractivity contribution in [2.24, 2.45) is 0 Å². The maximum absolute atomic E-state index is 5.30. The van der Waals surface area contributed by atoms with Gasteiger partial charge >= 0.3 is 0 Å². The van der Waals surface area contributed by atoms with E-state index in [2.05, 4.69) is 190 Å². The minimum absolute atomic E-state index is 0.0453. The second kappa shape index (κ2) is 12.0. The molecule has 0 radical (unpaired) electrons. The van der Waals surface area contributed by atoms with Crippen molar-refractivity contribution >= 4 is 43.5 Å². The average Bonchev–Trinajstić information content (AvgIpc) is 3.48. The largest absolute Gasteiger partial charge is 0.247 e. The molecule has 1 aliphatic carbocycles. The van der Waals surface area contributed by atoms with E-state index >= 15 is 0 Å². The van der Waals surface area contributed by atoms with E-state index in [-0.39, 0.29) is 5.41 Å². The minimum atomic E-state index is -0.0453. The van der Waals surface area contributed by atoms with Crippen molar-refractivity contribution in [2.75, 3.05) is 0 Å². The van der Waals surface area contributed by atoms with E-state index in [0.717, 1.165) is 66.5 Å². The molecule has 0 saturated carbocycles. The molecule has 0 bridgehead atoms. The van der Waals surface area contributed by atoms with Crippen molar-refractivity contribution in [3.63, 3.8) is 0 Å². The lowest BCUT2D eigenvalue weighted by molar-refractivity contribution is 0.660. The third-order valence-corrected chi connectivity index (χ3v) is 11.6. The Kier molecular flexibility index (Phi) is 6.90. The molecule has 3 heterocycles. The van der Waals surface area contributed by atoms with E-state index in [4.69, 9.17) is 15.0 Å². The first-order chi connectivity index (χ1) is 27.0. The molecule has 1 aliphatic rings. The quantitative estimate of drug-likeness (QED) is 0.171. The predicted octanol–water partition coefficient (Wildman–Crippen LogP) is 13.5. The number of aromatic nitrogens is 3. The van der Waals surface area contributed by atoms with Gasteiger partial charge in [0.1, 0.15) is 0 Å². The molecule has 0 aliphatic heterocycles. The standard InChI is InChI=1S/C52H35N3/c1-52(2)44-16-6-5-15-42(44)43-25-21-37(31-45(43)52)36-10-7-11-38(29-36)47-27-23-34-19-20-35-24-28-48(55-51(35)50(34)54-47)40-13-8-12-39(30-40)46-26-22-33-18-17-32-9-3-4-14-41(32)49(33)53-46/h3-31H,1-2H3. The highest BCUT2D eigenvalue weighted by atomic mass is 14.8. The van der Waals surface area contributed by atoms with E-state index in [1.807, 2.05) is 0 Å². The van der Waals surface area contributed by atoms with Crippen molar-refractivity contribution < 1.29 is 0 Å². The van der Waals surface area contributed by atoms with E-state index in [1.165, 1.54) is 44.2 Å². The van der Waals surface area contributed by atoms with Crippen molar-refractivity contribution in [2.45, 2.75) is 19.3 Å². The SMILES string of the molecule is CC1(C)c2ccccc2-c2ccc(-c3cccc(-c4ccc5ccc6ccc(-c7cccc(-c8ccc9ccc%10ccccc%10c9n8)c7)nc6c5n4)c3)cc21. The van der Waals surface area contributed by atoms with E-state index < -0.39 is 0 Å². The molecular weight excluding hydrogens is 667 g/mol. The van der Waals surface area contributed by atoms with Gasteiger partial charge in [-0.2, -0.15) is 0 Å². The third-order valence-electron chi connectivity index (χ3n) is 11.6. The Morgan fingerprint density at radius 2 is 0.800 bits per heavy atom. The van der Waals surface area contributed by atoms with Crippen LogP contribution in [0.4, 0.5) is 0 Å². The second-order valence-electron chi connectivity index (χ2n) is 15.2. The first-order valence-corrected chi connectivity index (χ1v) is 18.9. The molecule has 3 nitrogen and oxygen atoms in total. The van der Waals surface area contributed by atoms with Crippen LogP contribution in [-0.2, 0) is 5.41 Å². The summed E-state index contributed by atoms with van der Waals surface area (Å²) in [5.74, 6) is 0. The predicted molar refractivity (Wildman–Crippen MR) is 229 cm³/mol. The van der Waals surface area contributed by atoms with Gasteiger partial charge in [-0.15, -0.1) is 0 Å². The van der Waals surface area contributed by atoms with Crippen LogP contribution in [0.2, 0.25) is 0 Å². The van der Waals surface area contributed by atoms with Gasteiger partial charge in [0.25, 0.3) is 0 Å². The minimum Gasteiger partial charge on any atom is -0.247 e. The Labute approximate surface area is 319 Å². The first-order valence-electron chi connectivity index (χ1n) is 18.9. The summed E-state index contributed by atoms with van der Waals surface area (Å²) >= 11 is 0. The van der Waals surface area contributed by atoms with Crippen LogP contribution in [0.15, 0.2) is 176 Å². The normalized spacial score (nSPS) is 13.1. The van der Waals surface area contributed by atoms with Crippen LogP contribution in [0.5, 0.6) is 0 Å². The molecule has 11 rings (SSSR count). The van der Waals surface area contributed by atoms with Gasteiger partial charge in [0.15, 0.2) is 0 Å². The van der Waals surface area contributed by atoms with Crippen molar-refractivity contribution in [3.8, 4) is 56.0 Å². The van der Waals surface area contributed by atoms with E-state index in [0.29, 0.717) is 0 Å². The number of hydrogen-bond donors (Lipinski definition) is 0. The van der Waals surface area contributed by atoms with Gasteiger partial charge in [0, 0.05) is 43.7 Å². The summed E-state index contributed by atoms with van der Waals surface area (Å²) in [6, 6.07) is 63.0. The number of fused-ring (bicyclic) bond motifs is 9. The van der Waals surface area contributed by atoms with Gasteiger partial charge in [0.2, 0.25) is 0 Å². The molecule has 3 heteroatoms. The smallest absolute Gasteiger partial charge is 0.0972 e. The Balaban J connectivity index is 0.966. The summed E-state index contributed by atoms with van der Waals surface area (Å²) in [7, 11) is 0. The maximum Gasteiger partial charge on any atom is 0.0972 e. The first kappa shape index (κ1) is 31.5. The molecule has 0 unspecified atom stereocenters. The van der Waals surface area contributed by atoms with Crippen molar-refractivity contribution in [1.82, 2.24) is 15.0 Å². The number of rotatable bonds is 4. The Morgan fingerprint density at radius 3 is 1.47 bits per heavy atom. The summed E-state index contributed by atoms with van der Waals surface area (Å²) in [5.41, 5.74) is 16.6. The molecule has 7 aromatic carbocycles. The van der Waals surface area contributed by atoms with Crippen LogP contribution in [-0.4, -0.2) is 15.0 Å². The third kappa shape index (κ3) is 5.08. The number of nitrogens with zero attached hydrogens (tertiary/aromatic N) is 3. The average molecular weight is 702 g/mol. The molecule has 0 saturated heterocycles. The lowest BCUT2D eigenvalue weighted by Crippen LogP contribution is -2.14. The second-order valence-corrected chi connectivity index (χ2v) is 15.2. The molecule has 0 amide bonds. The number of pyridine rings is 3. The Bertz CT molecular complexity index is 3190. The van der Waals surface area contributed by atoms with Gasteiger partial charge in [0.05, 0.1) is 33.6 Å². The van der Waals surface area contributed by atoms with Gasteiger partial charge < -0.3 is 0 Å². The summed E-state index contributed by atoms with van der Waals surface area (Å²) < 4.78 is 0. The van der Waals surface area contributed by atoms with Gasteiger partial charge in [-0.05, 0) is 75.2 Å². The van der Waals surface area contributed by atoms with Crippen molar-refractivity contribution in [3.05, 3.63) is 187 Å². The molecule has 0 spiro atoms. The molecular formula is C52H35N3. The van der Waals surface area contributed by atoms with Crippen LogP contribution in [0.1, 0.15) is 25.0 Å².